The second kappa shape index (κ2) is 7.26. The fourth-order valence-electron chi connectivity index (χ4n) is 2.19. The molecule has 4 heteroatoms. The van der Waals surface area contributed by atoms with Crippen molar-refractivity contribution in [1.29, 1.82) is 0 Å². The predicted molar refractivity (Wildman–Crippen MR) is 73.8 cm³/mol. The van der Waals surface area contributed by atoms with Crippen LogP contribution < -0.4 is 4.74 Å². The SMILES string of the molecule is CC(=O)c1ccccc1OCCN1CCCOCC1. The Morgan fingerprint density at radius 1 is 1.32 bits per heavy atom. The summed E-state index contributed by atoms with van der Waals surface area (Å²) in [7, 11) is 0. The van der Waals surface area contributed by atoms with Crippen molar-refractivity contribution in [3.05, 3.63) is 29.8 Å². The molecule has 1 aliphatic heterocycles. The quantitative estimate of drug-likeness (QED) is 0.762. The molecule has 1 aliphatic rings. The molecule has 0 amide bonds. The number of Topliss-reactive ketones (excluding diaryl/α,β-unsaturated/α-hetero) is 1. The maximum Gasteiger partial charge on any atom is 0.163 e. The van der Waals surface area contributed by atoms with Gasteiger partial charge in [0.2, 0.25) is 0 Å². The van der Waals surface area contributed by atoms with E-state index in [1.165, 1.54) is 0 Å². The summed E-state index contributed by atoms with van der Waals surface area (Å²) in [6.45, 7) is 6.69. The fraction of sp³-hybridized carbons (Fsp3) is 0.533. The number of para-hydroxylation sites is 1. The van der Waals surface area contributed by atoms with Gasteiger partial charge in [-0.05, 0) is 25.5 Å². The molecule has 1 heterocycles. The normalized spacial score (nSPS) is 16.9. The average molecular weight is 263 g/mol. The highest BCUT2D eigenvalue weighted by Gasteiger charge is 2.10. The highest BCUT2D eigenvalue weighted by Crippen LogP contribution is 2.18. The number of hydrogen-bond acceptors (Lipinski definition) is 4. The smallest absolute Gasteiger partial charge is 0.163 e. The lowest BCUT2D eigenvalue weighted by atomic mass is 10.1. The number of hydrogen-bond donors (Lipinski definition) is 0. The molecule has 1 aromatic carbocycles. The van der Waals surface area contributed by atoms with Gasteiger partial charge in [-0.15, -0.1) is 0 Å². The Labute approximate surface area is 114 Å². The molecular formula is C15H21NO3. The van der Waals surface area contributed by atoms with Crippen molar-refractivity contribution in [2.75, 3.05) is 39.5 Å². The van der Waals surface area contributed by atoms with Crippen LogP contribution in [-0.2, 0) is 4.74 Å². The number of nitrogens with zero attached hydrogens (tertiary/aromatic N) is 1. The molecule has 0 atom stereocenters. The van der Waals surface area contributed by atoms with E-state index in [9.17, 15) is 4.79 Å². The van der Waals surface area contributed by atoms with Gasteiger partial charge in [-0.25, -0.2) is 0 Å². The Morgan fingerprint density at radius 3 is 3.00 bits per heavy atom. The minimum Gasteiger partial charge on any atom is -0.491 e. The largest absolute Gasteiger partial charge is 0.491 e. The molecule has 0 unspecified atom stereocenters. The summed E-state index contributed by atoms with van der Waals surface area (Å²) in [5, 5.41) is 0. The van der Waals surface area contributed by atoms with Crippen LogP contribution in [0.5, 0.6) is 5.75 Å². The van der Waals surface area contributed by atoms with Gasteiger partial charge in [-0.1, -0.05) is 12.1 Å². The Bertz CT molecular complexity index is 412. The van der Waals surface area contributed by atoms with Gasteiger partial charge in [0.05, 0.1) is 12.2 Å². The monoisotopic (exact) mass is 263 g/mol. The summed E-state index contributed by atoms with van der Waals surface area (Å²) < 4.78 is 11.2. The molecule has 0 radical (unpaired) electrons. The predicted octanol–water partition coefficient (Wildman–Crippen LogP) is 1.99. The number of carbonyl (C=O) groups is 1. The van der Waals surface area contributed by atoms with Crippen molar-refractivity contribution in [2.24, 2.45) is 0 Å². The zero-order chi connectivity index (χ0) is 13.5. The highest BCUT2D eigenvalue weighted by molar-refractivity contribution is 5.96. The van der Waals surface area contributed by atoms with Crippen molar-refractivity contribution < 1.29 is 14.3 Å². The van der Waals surface area contributed by atoms with Crippen LogP contribution in [-0.4, -0.2) is 50.1 Å². The first-order chi connectivity index (χ1) is 9.27. The molecule has 1 fully saturated rings. The van der Waals surface area contributed by atoms with Crippen LogP contribution in [0.1, 0.15) is 23.7 Å². The molecule has 104 valence electrons. The van der Waals surface area contributed by atoms with Crippen LogP contribution in [0.25, 0.3) is 0 Å². The summed E-state index contributed by atoms with van der Waals surface area (Å²) in [5.74, 6) is 0.722. The Morgan fingerprint density at radius 2 is 2.16 bits per heavy atom. The number of rotatable bonds is 5. The van der Waals surface area contributed by atoms with Crippen molar-refractivity contribution in [2.45, 2.75) is 13.3 Å². The van der Waals surface area contributed by atoms with Gasteiger partial charge < -0.3 is 9.47 Å². The van der Waals surface area contributed by atoms with Gasteiger partial charge in [-0.3, -0.25) is 9.69 Å². The van der Waals surface area contributed by atoms with Crippen LogP contribution in [0.4, 0.5) is 0 Å². The van der Waals surface area contributed by atoms with E-state index in [-0.39, 0.29) is 5.78 Å². The van der Waals surface area contributed by atoms with E-state index in [1.54, 1.807) is 13.0 Å². The fourth-order valence-corrected chi connectivity index (χ4v) is 2.19. The second-order valence-corrected chi connectivity index (χ2v) is 4.71. The Hall–Kier alpha value is -1.39. The first-order valence-electron chi connectivity index (χ1n) is 6.80. The van der Waals surface area contributed by atoms with E-state index in [1.807, 2.05) is 18.2 Å². The zero-order valence-corrected chi connectivity index (χ0v) is 11.4. The Kier molecular flexibility index (Phi) is 5.36. The van der Waals surface area contributed by atoms with E-state index < -0.39 is 0 Å². The zero-order valence-electron chi connectivity index (χ0n) is 11.4. The molecule has 1 saturated heterocycles. The van der Waals surface area contributed by atoms with Gasteiger partial charge in [0.1, 0.15) is 12.4 Å². The third-order valence-electron chi connectivity index (χ3n) is 3.25. The van der Waals surface area contributed by atoms with E-state index in [0.29, 0.717) is 17.9 Å². The van der Waals surface area contributed by atoms with Gasteiger partial charge >= 0.3 is 0 Å². The van der Waals surface area contributed by atoms with Gasteiger partial charge in [0.15, 0.2) is 5.78 Å². The lowest BCUT2D eigenvalue weighted by molar-refractivity contribution is 0.101. The molecule has 4 nitrogen and oxygen atoms in total. The molecule has 0 aliphatic carbocycles. The first kappa shape index (κ1) is 14.0. The number of carbonyl (C=O) groups excluding carboxylic acids is 1. The molecule has 0 spiro atoms. The van der Waals surface area contributed by atoms with Gasteiger partial charge in [0.25, 0.3) is 0 Å². The van der Waals surface area contributed by atoms with E-state index >= 15 is 0 Å². The Balaban J connectivity index is 1.83. The molecule has 0 aromatic heterocycles. The number of ether oxygens (including phenoxy) is 2. The number of benzene rings is 1. The standard InChI is InChI=1S/C15H21NO3/c1-13(17)14-5-2-3-6-15(14)19-12-9-16-7-4-10-18-11-8-16/h2-3,5-6H,4,7-12H2,1H3. The summed E-state index contributed by atoms with van der Waals surface area (Å²) >= 11 is 0. The minimum absolute atomic E-state index is 0.0405. The molecule has 0 saturated carbocycles. The second-order valence-electron chi connectivity index (χ2n) is 4.71. The topological polar surface area (TPSA) is 38.8 Å². The first-order valence-corrected chi connectivity index (χ1v) is 6.80. The van der Waals surface area contributed by atoms with Crippen LogP contribution in [0.2, 0.25) is 0 Å². The third-order valence-corrected chi connectivity index (χ3v) is 3.25. The lowest BCUT2D eigenvalue weighted by Gasteiger charge is -2.19. The summed E-state index contributed by atoms with van der Waals surface area (Å²) in [4.78, 5) is 13.8. The summed E-state index contributed by atoms with van der Waals surface area (Å²) in [6, 6.07) is 7.40. The molecule has 19 heavy (non-hydrogen) atoms. The average Bonchev–Trinajstić information content (AvgIpc) is 2.68. The van der Waals surface area contributed by atoms with E-state index in [2.05, 4.69) is 4.90 Å². The van der Waals surface area contributed by atoms with Gasteiger partial charge in [-0.2, -0.15) is 0 Å². The van der Waals surface area contributed by atoms with Crippen LogP contribution in [0, 0.1) is 0 Å². The van der Waals surface area contributed by atoms with Crippen LogP contribution in [0.15, 0.2) is 24.3 Å². The van der Waals surface area contributed by atoms with E-state index in [4.69, 9.17) is 9.47 Å². The highest BCUT2D eigenvalue weighted by atomic mass is 16.5. The maximum atomic E-state index is 11.5. The molecule has 1 aromatic rings. The van der Waals surface area contributed by atoms with Crippen molar-refractivity contribution >= 4 is 5.78 Å². The van der Waals surface area contributed by atoms with Crippen molar-refractivity contribution in [1.82, 2.24) is 4.90 Å². The molecule has 0 bridgehead atoms. The van der Waals surface area contributed by atoms with Crippen molar-refractivity contribution in [3.63, 3.8) is 0 Å². The van der Waals surface area contributed by atoms with E-state index in [0.717, 1.165) is 39.3 Å². The third kappa shape index (κ3) is 4.33. The minimum atomic E-state index is 0.0405. The molecule has 2 rings (SSSR count). The summed E-state index contributed by atoms with van der Waals surface area (Å²) in [6.07, 6.45) is 1.07. The van der Waals surface area contributed by atoms with Gasteiger partial charge in [0, 0.05) is 26.2 Å². The van der Waals surface area contributed by atoms with Crippen LogP contribution in [0.3, 0.4) is 0 Å². The lowest BCUT2D eigenvalue weighted by Crippen LogP contribution is -2.30. The van der Waals surface area contributed by atoms with Crippen molar-refractivity contribution in [3.8, 4) is 5.75 Å². The number of ketones is 1. The van der Waals surface area contributed by atoms with Crippen LogP contribution >= 0.6 is 0 Å². The summed E-state index contributed by atoms with van der Waals surface area (Å²) in [5.41, 5.74) is 0.654. The maximum absolute atomic E-state index is 11.5. The molecular weight excluding hydrogens is 242 g/mol. The molecule has 0 N–H and O–H groups in total.